The maximum absolute atomic E-state index is 5.13. The highest BCUT2D eigenvalue weighted by Crippen LogP contribution is 2.49. The second-order valence-corrected chi connectivity index (χ2v) is 9.80. The largest absolute Gasteiger partial charge is 0.228 e. The van der Waals surface area contributed by atoms with Crippen LogP contribution < -0.4 is 0 Å². The number of rotatable bonds is 4. The van der Waals surface area contributed by atoms with Crippen LogP contribution in [0.5, 0.6) is 0 Å². The van der Waals surface area contributed by atoms with Crippen molar-refractivity contribution in [3.63, 3.8) is 0 Å². The third-order valence-electron chi connectivity index (χ3n) is 7.51. The summed E-state index contributed by atoms with van der Waals surface area (Å²) in [7, 11) is 0. The molecule has 2 heterocycles. The summed E-state index contributed by atoms with van der Waals surface area (Å²) in [5.41, 5.74) is 10.9. The molecular formula is C35H21N5. The van der Waals surface area contributed by atoms with E-state index in [0.29, 0.717) is 11.6 Å². The van der Waals surface area contributed by atoms with Crippen LogP contribution in [-0.4, -0.2) is 24.9 Å². The van der Waals surface area contributed by atoms with Gasteiger partial charge in [0, 0.05) is 22.3 Å². The van der Waals surface area contributed by atoms with Gasteiger partial charge in [0.1, 0.15) is 12.7 Å². The van der Waals surface area contributed by atoms with Gasteiger partial charge in [-0.15, -0.1) is 0 Å². The van der Waals surface area contributed by atoms with Gasteiger partial charge in [-0.05, 0) is 39.1 Å². The Bertz CT molecular complexity index is 2010. The van der Waals surface area contributed by atoms with E-state index in [1.54, 1.807) is 0 Å². The van der Waals surface area contributed by atoms with Gasteiger partial charge in [0.05, 0.1) is 11.4 Å². The quantitative estimate of drug-likeness (QED) is 0.239. The van der Waals surface area contributed by atoms with E-state index in [4.69, 9.17) is 9.97 Å². The van der Waals surface area contributed by atoms with Gasteiger partial charge in [-0.25, -0.2) is 24.9 Å². The molecule has 0 bridgehead atoms. The molecule has 8 rings (SSSR count). The van der Waals surface area contributed by atoms with Gasteiger partial charge < -0.3 is 0 Å². The summed E-state index contributed by atoms with van der Waals surface area (Å²) in [4.78, 5) is 22.6. The number of benzene rings is 5. The molecule has 0 fully saturated rings. The Hall–Kier alpha value is -5.55. The van der Waals surface area contributed by atoms with Crippen LogP contribution in [-0.2, 0) is 0 Å². The monoisotopic (exact) mass is 511 g/mol. The summed E-state index contributed by atoms with van der Waals surface area (Å²) in [5, 5.41) is 2.48. The lowest BCUT2D eigenvalue weighted by Gasteiger charge is -2.12. The third kappa shape index (κ3) is 3.60. The van der Waals surface area contributed by atoms with E-state index in [2.05, 4.69) is 87.7 Å². The van der Waals surface area contributed by atoms with E-state index in [0.717, 1.165) is 33.6 Å². The molecule has 40 heavy (non-hydrogen) atoms. The smallest absolute Gasteiger partial charge is 0.162 e. The van der Waals surface area contributed by atoms with Gasteiger partial charge in [-0.3, -0.25) is 0 Å². The lowest BCUT2D eigenvalue weighted by atomic mass is 9.96. The molecule has 0 N–H and O–H groups in total. The van der Waals surface area contributed by atoms with Crippen molar-refractivity contribution in [1.29, 1.82) is 0 Å². The third-order valence-corrected chi connectivity index (χ3v) is 7.51. The Balaban J connectivity index is 1.32. The van der Waals surface area contributed by atoms with Crippen molar-refractivity contribution < 1.29 is 0 Å². The topological polar surface area (TPSA) is 64.5 Å². The first-order valence-electron chi connectivity index (χ1n) is 13.2. The van der Waals surface area contributed by atoms with Crippen LogP contribution >= 0.6 is 0 Å². The average Bonchev–Trinajstić information content (AvgIpc) is 3.37. The van der Waals surface area contributed by atoms with Crippen LogP contribution in [0.3, 0.4) is 0 Å². The van der Waals surface area contributed by atoms with Crippen LogP contribution in [0.25, 0.3) is 78.3 Å². The Morgan fingerprint density at radius 1 is 0.400 bits per heavy atom. The molecule has 5 aromatic carbocycles. The molecule has 2 aromatic heterocycles. The molecule has 1 aliphatic carbocycles. The van der Waals surface area contributed by atoms with Crippen molar-refractivity contribution in [1.82, 2.24) is 24.9 Å². The SMILES string of the molecule is c1ccc(-c2cc(-c3ccc4c5c(cccc35)-c3ccccc3-4)nc(-c3ccc(-c4ncncn4)cc3)n2)cc1. The lowest BCUT2D eigenvalue weighted by molar-refractivity contribution is 1.06. The fourth-order valence-corrected chi connectivity index (χ4v) is 5.66. The highest BCUT2D eigenvalue weighted by Gasteiger charge is 2.23. The van der Waals surface area contributed by atoms with Gasteiger partial charge in [0.15, 0.2) is 11.6 Å². The van der Waals surface area contributed by atoms with Crippen molar-refractivity contribution in [2.45, 2.75) is 0 Å². The zero-order valence-electron chi connectivity index (χ0n) is 21.4. The molecule has 0 saturated carbocycles. The zero-order chi connectivity index (χ0) is 26.5. The van der Waals surface area contributed by atoms with Crippen molar-refractivity contribution in [2.24, 2.45) is 0 Å². The van der Waals surface area contributed by atoms with Gasteiger partial charge in [-0.2, -0.15) is 0 Å². The standard InChI is InChI=1S/C35H21N5/c1-2-7-22(8-3-1)31-19-32(40-35(39-31)24-15-13-23(14-16-24)34-37-20-36-21-38-34)27-17-18-30-26-10-5-4-9-25(26)28-11-6-12-29(27)33(28)30/h1-21H. The summed E-state index contributed by atoms with van der Waals surface area (Å²) in [6.45, 7) is 0. The second kappa shape index (κ2) is 9.03. The molecule has 0 unspecified atom stereocenters. The summed E-state index contributed by atoms with van der Waals surface area (Å²) in [6.07, 6.45) is 3.01. The maximum atomic E-state index is 5.13. The minimum absolute atomic E-state index is 0.634. The van der Waals surface area contributed by atoms with Gasteiger partial charge in [0.25, 0.3) is 0 Å². The molecule has 186 valence electrons. The van der Waals surface area contributed by atoms with E-state index < -0.39 is 0 Å². The number of hydrogen-bond acceptors (Lipinski definition) is 5. The molecule has 7 aromatic rings. The van der Waals surface area contributed by atoms with Crippen LogP contribution in [0.15, 0.2) is 128 Å². The predicted molar refractivity (Wildman–Crippen MR) is 159 cm³/mol. The first-order valence-corrected chi connectivity index (χ1v) is 13.2. The molecule has 0 spiro atoms. The van der Waals surface area contributed by atoms with Crippen molar-refractivity contribution >= 4 is 10.8 Å². The molecule has 5 nitrogen and oxygen atoms in total. The molecule has 0 saturated heterocycles. The predicted octanol–water partition coefficient (Wildman–Crippen LogP) is 8.13. The Labute approximate surface area is 230 Å². The van der Waals surface area contributed by atoms with E-state index in [9.17, 15) is 0 Å². The van der Waals surface area contributed by atoms with Crippen molar-refractivity contribution in [2.75, 3.05) is 0 Å². The van der Waals surface area contributed by atoms with Gasteiger partial charge in [0.2, 0.25) is 0 Å². The summed E-state index contributed by atoms with van der Waals surface area (Å²) in [6, 6.07) is 40.1. The molecule has 0 atom stereocenters. The molecular weight excluding hydrogens is 490 g/mol. The van der Waals surface area contributed by atoms with Crippen LogP contribution in [0.4, 0.5) is 0 Å². The summed E-state index contributed by atoms with van der Waals surface area (Å²) < 4.78 is 0. The minimum atomic E-state index is 0.634. The lowest BCUT2D eigenvalue weighted by Crippen LogP contribution is -1.97. The fraction of sp³-hybridized carbons (Fsp3) is 0. The average molecular weight is 512 g/mol. The van der Waals surface area contributed by atoms with Gasteiger partial charge >= 0.3 is 0 Å². The first kappa shape index (κ1) is 22.4. The van der Waals surface area contributed by atoms with E-state index in [1.165, 1.54) is 45.7 Å². The van der Waals surface area contributed by atoms with Crippen LogP contribution in [0, 0.1) is 0 Å². The molecule has 1 aliphatic rings. The second-order valence-electron chi connectivity index (χ2n) is 9.80. The minimum Gasteiger partial charge on any atom is -0.228 e. The fourth-order valence-electron chi connectivity index (χ4n) is 5.66. The highest BCUT2D eigenvalue weighted by molar-refractivity contribution is 6.18. The maximum Gasteiger partial charge on any atom is 0.162 e. The van der Waals surface area contributed by atoms with E-state index in [-0.39, 0.29) is 0 Å². The Kier molecular flexibility index (Phi) is 5.07. The van der Waals surface area contributed by atoms with E-state index in [1.807, 2.05) is 42.5 Å². The summed E-state index contributed by atoms with van der Waals surface area (Å²) >= 11 is 0. The normalized spacial score (nSPS) is 11.5. The van der Waals surface area contributed by atoms with Gasteiger partial charge in [-0.1, -0.05) is 109 Å². The van der Waals surface area contributed by atoms with Crippen LogP contribution in [0.2, 0.25) is 0 Å². The van der Waals surface area contributed by atoms with E-state index >= 15 is 0 Å². The van der Waals surface area contributed by atoms with Crippen molar-refractivity contribution in [3.8, 4) is 67.5 Å². The molecule has 5 heteroatoms. The highest BCUT2D eigenvalue weighted by atomic mass is 15.0. The number of nitrogens with zero attached hydrogens (tertiary/aromatic N) is 5. The molecule has 0 aliphatic heterocycles. The van der Waals surface area contributed by atoms with Crippen LogP contribution in [0.1, 0.15) is 0 Å². The first-order chi connectivity index (χ1) is 19.8. The van der Waals surface area contributed by atoms with Crippen molar-refractivity contribution in [3.05, 3.63) is 128 Å². The number of hydrogen-bond donors (Lipinski definition) is 0. The zero-order valence-corrected chi connectivity index (χ0v) is 21.4. The molecule has 0 amide bonds. The number of aromatic nitrogens is 5. The Morgan fingerprint density at radius 2 is 1.00 bits per heavy atom. The Morgan fingerprint density at radius 3 is 1.75 bits per heavy atom. The summed E-state index contributed by atoms with van der Waals surface area (Å²) in [5.74, 6) is 1.31. The molecule has 0 radical (unpaired) electrons. The number of fused-ring (bicyclic) bond motifs is 3.